The van der Waals surface area contributed by atoms with Gasteiger partial charge in [0.1, 0.15) is 5.58 Å². The van der Waals surface area contributed by atoms with Crippen LogP contribution in [-0.2, 0) is 11.2 Å². The zero-order valence-corrected chi connectivity index (χ0v) is 15.7. The van der Waals surface area contributed by atoms with Gasteiger partial charge in [-0.1, -0.05) is 42.5 Å². The fraction of sp³-hybridized carbons (Fsp3) is 0.0476. The van der Waals surface area contributed by atoms with Crippen molar-refractivity contribution < 1.29 is 14.0 Å². The van der Waals surface area contributed by atoms with Crippen molar-refractivity contribution in [2.45, 2.75) is 6.42 Å². The molecule has 5 nitrogen and oxygen atoms in total. The highest BCUT2D eigenvalue weighted by atomic mass is 79.9. The lowest BCUT2D eigenvalue weighted by atomic mass is 10.0. The van der Waals surface area contributed by atoms with E-state index < -0.39 is 5.91 Å². The van der Waals surface area contributed by atoms with Crippen LogP contribution >= 0.6 is 15.9 Å². The zero-order chi connectivity index (χ0) is 18.8. The Kier molecular flexibility index (Phi) is 4.64. The van der Waals surface area contributed by atoms with Gasteiger partial charge in [0.05, 0.1) is 18.2 Å². The van der Waals surface area contributed by atoms with Crippen LogP contribution in [0.2, 0.25) is 0 Å². The number of carbonyl (C=O) groups is 2. The van der Waals surface area contributed by atoms with Gasteiger partial charge in [0.15, 0.2) is 0 Å². The van der Waals surface area contributed by atoms with Crippen molar-refractivity contribution >= 4 is 49.5 Å². The smallest absolute Gasteiger partial charge is 0.270 e. The quantitative estimate of drug-likeness (QED) is 0.482. The molecule has 0 radical (unpaired) electrons. The van der Waals surface area contributed by atoms with Gasteiger partial charge in [0, 0.05) is 15.4 Å². The molecule has 2 amide bonds. The Morgan fingerprint density at radius 3 is 2.56 bits per heavy atom. The number of fused-ring (bicyclic) bond motifs is 3. The highest BCUT2D eigenvalue weighted by molar-refractivity contribution is 9.10. The molecule has 134 valence electrons. The largest absolute Gasteiger partial charge is 0.464 e. The molecule has 0 aliphatic heterocycles. The SMILES string of the molecule is O=C(Cc1coc2ccc3ccccc3c12)NNC(=O)c1ccccc1Br. The van der Waals surface area contributed by atoms with Crippen LogP contribution in [0.5, 0.6) is 0 Å². The standard InChI is InChI=1S/C21H15BrN2O3/c22-17-8-4-3-7-16(17)21(26)24-23-19(25)11-14-12-27-18-10-9-13-5-1-2-6-15(13)20(14)18/h1-10,12H,11H2,(H,23,25)(H,24,26). The maximum Gasteiger partial charge on any atom is 0.270 e. The molecule has 1 heterocycles. The Morgan fingerprint density at radius 1 is 0.926 bits per heavy atom. The van der Waals surface area contributed by atoms with Crippen LogP contribution in [-0.4, -0.2) is 11.8 Å². The van der Waals surface area contributed by atoms with Gasteiger partial charge in [-0.25, -0.2) is 0 Å². The minimum absolute atomic E-state index is 0.0945. The second kappa shape index (κ2) is 7.25. The lowest BCUT2D eigenvalue weighted by Gasteiger charge is -2.08. The summed E-state index contributed by atoms with van der Waals surface area (Å²) in [5.74, 6) is -0.718. The van der Waals surface area contributed by atoms with E-state index in [-0.39, 0.29) is 12.3 Å². The molecule has 0 aliphatic carbocycles. The summed E-state index contributed by atoms with van der Waals surface area (Å²) in [6.45, 7) is 0. The molecule has 3 aromatic carbocycles. The van der Waals surface area contributed by atoms with E-state index in [1.165, 1.54) is 0 Å². The summed E-state index contributed by atoms with van der Waals surface area (Å²) >= 11 is 3.32. The van der Waals surface area contributed by atoms with Crippen molar-refractivity contribution in [3.63, 3.8) is 0 Å². The van der Waals surface area contributed by atoms with Crippen molar-refractivity contribution in [1.82, 2.24) is 10.9 Å². The summed E-state index contributed by atoms with van der Waals surface area (Å²) in [5.41, 5.74) is 6.84. The zero-order valence-electron chi connectivity index (χ0n) is 14.2. The van der Waals surface area contributed by atoms with E-state index in [1.807, 2.05) is 42.5 Å². The third-order valence-electron chi connectivity index (χ3n) is 4.33. The number of benzene rings is 3. The molecule has 0 saturated heterocycles. The minimum Gasteiger partial charge on any atom is -0.464 e. The molecule has 0 saturated carbocycles. The molecule has 0 aliphatic rings. The third-order valence-corrected chi connectivity index (χ3v) is 5.02. The minimum atomic E-state index is -0.390. The highest BCUT2D eigenvalue weighted by Crippen LogP contribution is 2.30. The van der Waals surface area contributed by atoms with Crippen LogP contribution in [0.1, 0.15) is 15.9 Å². The van der Waals surface area contributed by atoms with E-state index in [1.54, 1.807) is 24.5 Å². The van der Waals surface area contributed by atoms with Crippen LogP contribution in [0.25, 0.3) is 21.7 Å². The summed E-state index contributed by atoms with van der Waals surface area (Å²) in [5, 5.41) is 3.03. The average Bonchev–Trinajstić information content (AvgIpc) is 3.10. The van der Waals surface area contributed by atoms with Gasteiger partial charge in [0.25, 0.3) is 5.91 Å². The number of hydrazine groups is 1. The van der Waals surface area contributed by atoms with Crippen LogP contribution < -0.4 is 10.9 Å². The van der Waals surface area contributed by atoms with Gasteiger partial charge < -0.3 is 4.42 Å². The summed E-state index contributed by atoms with van der Waals surface area (Å²) < 4.78 is 6.25. The summed E-state index contributed by atoms with van der Waals surface area (Å²) in [6, 6.07) is 18.8. The molecule has 0 fully saturated rings. The Balaban J connectivity index is 1.51. The number of carbonyl (C=O) groups excluding carboxylic acids is 2. The topological polar surface area (TPSA) is 71.3 Å². The molecule has 0 spiro atoms. The summed E-state index contributed by atoms with van der Waals surface area (Å²) in [7, 11) is 0. The molecule has 4 rings (SSSR count). The molecule has 0 unspecified atom stereocenters. The van der Waals surface area contributed by atoms with Gasteiger partial charge in [0.2, 0.25) is 5.91 Å². The van der Waals surface area contributed by atoms with Crippen molar-refractivity contribution in [3.8, 4) is 0 Å². The molecular formula is C21H15BrN2O3. The molecule has 2 N–H and O–H groups in total. The fourth-order valence-electron chi connectivity index (χ4n) is 3.06. The first-order chi connectivity index (χ1) is 13.1. The van der Waals surface area contributed by atoms with Gasteiger partial charge in [-0.05, 0) is 44.9 Å². The van der Waals surface area contributed by atoms with Gasteiger partial charge in [-0.2, -0.15) is 0 Å². The Labute approximate surface area is 163 Å². The van der Waals surface area contributed by atoms with Gasteiger partial charge >= 0.3 is 0 Å². The van der Waals surface area contributed by atoms with Crippen LogP contribution in [0, 0.1) is 0 Å². The number of furan rings is 1. The van der Waals surface area contributed by atoms with E-state index in [0.717, 1.165) is 27.3 Å². The molecule has 6 heteroatoms. The Hall–Kier alpha value is -3.12. The van der Waals surface area contributed by atoms with Crippen molar-refractivity contribution in [1.29, 1.82) is 0 Å². The predicted molar refractivity (Wildman–Crippen MR) is 107 cm³/mol. The van der Waals surface area contributed by atoms with Gasteiger partial charge in [-0.3, -0.25) is 20.4 Å². The van der Waals surface area contributed by atoms with E-state index in [2.05, 4.69) is 26.8 Å². The molecule has 0 bridgehead atoms. The maximum atomic E-state index is 12.3. The second-order valence-electron chi connectivity index (χ2n) is 6.08. The number of halogens is 1. The Morgan fingerprint density at radius 2 is 1.70 bits per heavy atom. The van der Waals surface area contributed by atoms with Crippen LogP contribution in [0.15, 0.2) is 75.8 Å². The average molecular weight is 423 g/mol. The number of nitrogens with one attached hydrogen (secondary N) is 2. The summed E-state index contributed by atoms with van der Waals surface area (Å²) in [6.07, 6.45) is 1.68. The fourth-order valence-corrected chi connectivity index (χ4v) is 3.53. The van der Waals surface area contributed by atoms with Crippen LogP contribution in [0.4, 0.5) is 0 Å². The van der Waals surface area contributed by atoms with Gasteiger partial charge in [-0.15, -0.1) is 0 Å². The van der Waals surface area contributed by atoms with Crippen LogP contribution in [0.3, 0.4) is 0 Å². The molecule has 27 heavy (non-hydrogen) atoms. The number of amides is 2. The molecule has 0 atom stereocenters. The number of hydrogen-bond acceptors (Lipinski definition) is 3. The normalized spacial score (nSPS) is 10.9. The molecular weight excluding hydrogens is 408 g/mol. The first-order valence-corrected chi connectivity index (χ1v) is 9.14. The number of rotatable bonds is 3. The summed E-state index contributed by atoms with van der Waals surface area (Å²) in [4.78, 5) is 24.5. The molecule has 1 aromatic heterocycles. The first kappa shape index (κ1) is 17.3. The van der Waals surface area contributed by atoms with E-state index >= 15 is 0 Å². The lowest BCUT2D eigenvalue weighted by molar-refractivity contribution is -0.121. The highest BCUT2D eigenvalue weighted by Gasteiger charge is 2.14. The first-order valence-electron chi connectivity index (χ1n) is 8.35. The van der Waals surface area contributed by atoms with Crippen molar-refractivity contribution in [2.24, 2.45) is 0 Å². The molecule has 4 aromatic rings. The monoisotopic (exact) mass is 422 g/mol. The maximum absolute atomic E-state index is 12.3. The van der Waals surface area contributed by atoms with Crippen molar-refractivity contribution in [2.75, 3.05) is 0 Å². The van der Waals surface area contributed by atoms with Crippen molar-refractivity contribution in [3.05, 3.63) is 82.5 Å². The predicted octanol–water partition coefficient (Wildman–Crippen LogP) is 4.35. The Bertz CT molecular complexity index is 1170. The van der Waals surface area contributed by atoms with E-state index in [9.17, 15) is 9.59 Å². The second-order valence-corrected chi connectivity index (χ2v) is 6.93. The van der Waals surface area contributed by atoms with E-state index in [4.69, 9.17) is 4.42 Å². The lowest BCUT2D eigenvalue weighted by Crippen LogP contribution is -2.42. The van der Waals surface area contributed by atoms with E-state index in [0.29, 0.717) is 10.0 Å². The third kappa shape index (κ3) is 3.44. The number of hydrogen-bond donors (Lipinski definition) is 2.